The van der Waals surface area contributed by atoms with Crippen LogP contribution in [0.25, 0.3) is 0 Å². The van der Waals surface area contributed by atoms with E-state index in [1.165, 1.54) is 0 Å². The number of primary amides is 1. The van der Waals surface area contributed by atoms with Gasteiger partial charge in [-0.25, -0.2) is 4.79 Å². The zero-order valence-electron chi connectivity index (χ0n) is 13.7. The average Bonchev–Trinajstić information content (AvgIpc) is 2.61. The molecule has 0 saturated carbocycles. The van der Waals surface area contributed by atoms with Crippen LogP contribution in [0.4, 0.5) is 10.5 Å². The van der Waals surface area contributed by atoms with Crippen LogP contribution in [0, 0.1) is 5.92 Å². The lowest BCUT2D eigenvalue weighted by molar-refractivity contribution is -0.137. The molecule has 1 aromatic carbocycles. The number of carbonyl (C=O) groups is 2. The van der Waals surface area contributed by atoms with Gasteiger partial charge in [0.2, 0.25) is 5.91 Å². The van der Waals surface area contributed by atoms with Crippen molar-refractivity contribution in [2.24, 2.45) is 11.7 Å². The second-order valence-electron chi connectivity index (χ2n) is 6.39. The number of benzene rings is 1. The van der Waals surface area contributed by atoms with Crippen molar-refractivity contribution in [1.82, 2.24) is 9.80 Å². The predicted octanol–water partition coefficient (Wildman–Crippen LogP) is 1.78. The summed E-state index contributed by atoms with van der Waals surface area (Å²) in [7, 11) is 0. The molecule has 2 N–H and O–H groups in total. The molecule has 1 aromatic rings. The van der Waals surface area contributed by atoms with Gasteiger partial charge in [0.05, 0.1) is 0 Å². The molecule has 0 aromatic heterocycles. The fraction of sp³-hybridized carbons (Fsp3) is 0.529. The third kappa shape index (κ3) is 3.75. The second-order valence-corrected chi connectivity index (χ2v) is 6.83. The van der Waals surface area contributed by atoms with Gasteiger partial charge in [0.15, 0.2) is 0 Å². The fourth-order valence-electron chi connectivity index (χ4n) is 3.46. The number of amides is 3. The highest BCUT2D eigenvalue weighted by atomic mass is 35.5. The van der Waals surface area contributed by atoms with Gasteiger partial charge < -0.3 is 20.4 Å². The van der Waals surface area contributed by atoms with Gasteiger partial charge in [0.1, 0.15) is 0 Å². The topological polar surface area (TPSA) is 69.9 Å². The third-order valence-corrected chi connectivity index (χ3v) is 5.16. The van der Waals surface area contributed by atoms with Gasteiger partial charge in [0, 0.05) is 55.9 Å². The lowest BCUT2D eigenvalue weighted by Crippen LogP contribution is -2.52. The average molecular weight is 351 g/mol. The molecule has 130 valence electrons. The number of piperidine rings is 1. The van der Waals surface area contributed by atoms with E-state index in [1.54, 1.807) is 4.90 Å². The molecule has 0 atom stereocenters. The summed E-state index contributed by atoms with van der Waals surface area (Å²) in [4.78, 5) is 29.7. The van der Waals surface area contributed by atoms with E-state index in [1.807, 2.05) is 29.2 Å². The number of rotatable bonds is 2. The summed E-state index contributed by atoms with van der Waals surface area (Å²) in [6, 6.07) is 7.42. The van der Waals surface area contributed by atoms with E-state index in [0.29, 0.717) is 25.9 Å². The monoisotopic (exact) mass is 350 g/mol. The summed E-state index contributed by atoms with van der Waals surface area (Å²) in [6.45, 7) is 4.23. The molecule has 24 heavy (non-hydrogen) atoms. The molecule has 0 radical (unpaired) electrons. The van der Waals surface area contributed by atoms with Crippen molar-refractivity contribution in [2.75, 3.05) is 44.2 Å². The van der Waals surface area contributed by atoms with Gasteiger partial charge in [0.25, 0.3) is 0 Å². The van der Waals surface area contributed by atoms with Crippen molar-refractivity contribution in [2.45, 2.75) is 12.8 Å². The number of anilines is 1. The first-order valence-corrected chi connectivity index (χ1v) is 8.76. The fourth-order valence-corrected chi connectivity index (χ4v) is 3.65. The van der Waals surface area contributed by atoms with Gasteiger partial charge in [-0.1, -0.05) is 17.7 Å². The van der Waals surface area contributed by atoms with Crippen LogP contribution in [0.5, 0.6) is 0 Å². The van der Waals surface area contributed by atoms with Crippen molar-refractivity contribution in [3.63, 3.8) is 0 Å². The van der Waals surface area contributed by atoms with Crippen molar-refractivity contribution >= 4 is 29.2 Å². The van der Waals surface area contributed by atoms with Crippen molar-refractivity contribution in [3.05, 3.63) is 29.3 Å². The Morgan fingerprint density at radius 3 is 2.25 bits per heavy atom. The van der Waals surface area contributed by atoms with Crippen molar-refractivity contribution in [3.8, 4) is 0 Å². The van der Waals surface area contributed by atoms with E-state index < -0.39 is 6.03 Å². The van der Waals surface area contributed by atoms with Crippen LogP contribution >= 0.6 is 11.6 Å². The largest absolute Gasteiger partial charge is 0.368 e. The molecule has 0 spiro atoms. The number of likely N-dealkylation sites (tertiary alicyclic amines) is 1. The molecule has 2 heterocycles. The Balaban J connectivity index is 1.51. The maximum atomic E-state index is 12.7. The number of nitrogens with zero attached hydrogens (tertiary/aromatic N) is 3. The van der Waals surface area contributed by atoms with Crippen LogP contribution < -0.4 is 10.6 Å². The van der Waals surface area contributed by atoms with E-state index in [2.05, 4.69) is 4.90 Å². The smallest absolute Gasteiger partial charge is 0.314 e. The molecule has 2 fully saturated rings. The van der Waals surface area contributed by atoms with Crippen LogP contribution in [0.3, 0.4) is 0 Å². The van der Waals surface area contributed by atoms with Gasteiger partial charge in [-0.15, -0.1) is 0 Å². The van der Waals surface area contributed by atoms with Crippen LogP contribution in [-0.2, 0) is 4.79 Å². The van der Waals surface area contributed by atoms with E-state index in [4.69, 9.17) is 17.3 Å². The normalized spacial score (nSPS) is 19.5. The summed E-state index contributed by atoms with van der Waals surface area (Å²) in [5.41, 5.74) is 6.39. The molecule has 2 aliphatic heterocycles. The lowest BCUT2D eigenvalue weighted by atomic mass is 9.95. The summed E-state index contributed by atoms with van der Waals surface area (Å²) in [5, 5.41) is 0.729. The van der Waals surface area contributed by atoms with Crippen molar-refractivity contribution in [1.29, 1.82) is 0 Å². The molecular formula is C17H23ClN4O2. The standard InChI is InChI=1S/C17H23ClN4O2/c18-14-2-1-3-15(12-14)20-8-10-21(11-9-20)16(23)13-4-6-22(7-5-13)17(19)24/h1-3,12-13H,4-11H2,(H2,19,24). The van der Waals surface area contributed by atoms with Crippen LogP contribution in [-0.4, -0.2) is 61.0 Å². The third-order valence-electron chi connectivity index (χ3n) is 4.92. The summed E-state index contributed by atoms with van der Waals surface area (Å²) < 4.78 is 0. The minimum absolute atomic E-state index is 0.0123. The van der Waals surface area contributed by atoms with Crippen molar-refractivity contribution < 1.29 is 9.59 Å². The molecule has 2 saturated heterocycles. The van der Waals surface area contributed by atoms with E-state index in [0.717, 1.165) is 36.9 Å². The molecule has 0 aliphatic carbocycles. The maximum absolute atomic E-state index is 12.7. The first-order chi connectivity index (χ1) is 11.5. The molecule has 3 amide bonds. The number of carbonyl (C=O) groups excluding carboxylic acids is 2. The molecule has 0 unspecified atom stereocenters. The highest BCUT2D eigenvalue weighted by Crippen LogP contribution is 2.23. The SMILES string of the molecule is NC(=O)N1CCC(C(=O)N2CCN(c3cccc(Cl)c3)CC2)CC1. The zero-order valence-corrected chi connectivity index (χ0v) is 14.4. The van der Waals surface area contributed by atoms with Gasteiger partial charge in [-0.05, 0) is 31.0 Å². The van der Waals surface area contributed by atoms with Gasteiger partial charge in [-0.2, -0.15) is 0 Å². The Bertz CT molecular complexity index is 608. The molecule has 0 bridgehead atoms. The molecule has 6 nitrogen and oxygen atoms in total. The Morgan fingerprint density at radius 2 is 1.67 bits per heavy atom. The van der Waals surface area contributed by atoms with Crippen LogP contribution in [0.2, 0.25) is 5.02 Å². The minimum atomic E-state index is -0.393. The highest BCUT2D eigenvalue weighted by molar-refractivity contribution is 6.30. The van der Waals surface area contributed by atoms with E-state index in [9.17, 15) is 9.59 Å². The first-order valence-electron chi connectivity index (χ1n) is 8.38. The lowest BCUT2D eigenvalue weighted by Gasteiger charge is -2.39. The second kappa shape index (κ2) is 7.30. The molecule has 2 aliphatic rings. The Hall–Kier alpha value is -1.95. The van der Waals surface area contributed by atoms with E-state index in [-0.39, 0.29) is 11.8 Å². The van der Waals surface area contributed by atoms with Gasteiger partial charge in [-0.3, -0.25) is 4.79 Å². The van der Waals surface area contributed by atoms with Gasteiger partial charge >= 0.3 is 6.03 Å². The Morgan fingerprint density at radius 1 is 1.00 bits per heavy atom. The number of urea groups is 1. The maximum Gasteiger partial charge on any atom is 0.314 e. The summed E-state index contributed by atoms with van der Waals surface area (Å²) >= 11 is 6.05. The molecule has 7 heteroatoms. The van der Waals surface area contributed by atoms with Crippen LogP contribution in [0.15, 0.2) is 24.3 Å². The summed E-state index contributed by atoms with van der Waals surface area (Å²) in [5.74, 6) is 0.225. The summed E-state index contributed by atoms with van der Waals surface area (Å²) in [6.07, 6.45) is 1.41. The highest BCUT2D eigenvalue weighted by Gasteiger charge is 2.31. The van der Waals surface area contributed by atoms with Crippen LogP contribution in [0.1, 0.15) is 12.8 Å². The quantitative estimate of drug-likeness (QED) is 0.883. The minimum Gasteiger partial charge on any atom is -0.368 e. The first kappa shape index (κ1) is 16.9. The predicted molar refractivity (Wildman–Crippen MR) is 94.1 cm³/mol. The number of hydrogen-bond acceptors (Lipinski definition) is 3. The Kier molecular flexibility index (Phi) is 5.14. The number of nitrogens with two attached hydrogens (primary N) is 1. The zero-order chi connectivity index (χ0) is 17.1. The van der Waals surface area contributed by atoms with E-state index >= 15 is 0 Å². The number of piperazine rings is 1. The number of hydrogen-bond donors (Lipinski definition) is 1. The Labute approximate surface area is 147 Å². The number of halogens is 1. The molecular weight excluding hydrogens is 328 g/mol. The molecule has 3 rings (SSSR count).